The summed E-state index contributed by atoms with van der Waals surface area (Å²) in [6.07, 6.45) is 10.7. The number of nitrogens with zero attached hydrogens (tertiary/aromatic N) is 6. The maximum Gasteiger partial charge on any atom is 0.213 e. The van der Waals surface area contributed by atoms with Crippen LogP contribution in [0.4, 0.5) is 0 Å². The van der Waals surface area contributed by atoms with Crippen molar-refractivity contribution in [3.05, 3.63) is 239 Å². The monoisotopic (exact) mass is 820 g/mol. The van der Waals surface area contributed by atoms with E-state index in [1.54, 1.807) is 76.2 Å². The molecule has 61 heavy (non-hydrogen) atoms. The number of aliphatic hydroxyl groups is 1. The average Bonchev–Trinajstić information content (AvgIpc) is 4.06. The maximum absolute atomic E-state index is 12.5. The zero-order chi connectivity index (χ0) is 42.3. The van der Waals surface area contributed by atoms with Gasteiger partial charge in [0.2, 0.25) is 17.3 Å². The van der Waals surface area contributed by atoms with Crippen LogP contribution in [0.3, 0.4) is 0 Å². The number of ketones is 3. The van der Waals surface area contributed by atoms with Gasteiger partial charge in [-0.15, -0.1) is 0 Å². The number of imidazole rings is 3. The van der Waals surface area contributed by atoms with Crippen molar-refractivity contribution in [2.45, 2.75) is 13.5 Å². The Morgan fingerprint density at radius 1 is 0.475 bits per heavy atom. The van der Waals surface area contributed by atoms with Crippen molar-refractivity contribution < 1.29 is 19.5 Å². The van der Waals surface area contributed by atoms with Gasteiger partial charge in [-0.05, 0) is 59.5 Å². The van der Waals surface area contributed by atoms with Crippen LogP contribution in [0.5, 0.6) is 0 Å². The second-order valence-corrected chi connectivity index (χ2v) is 14.5. The molecule has 6 heterocycles. The van der Waals surface area contributed by atoms with Crippen LogP contribution in [0.15, 0.2) is 189 Å². The first-order valence-electron chi connectivity index (χ1n) is 19.3. The fourth-order valence-corrected chi connectivity index (χ4v) is 6.83. The Labute approximate surface area is 355 Å². The number of halogens is 1. The van der Waals surface area contributed by atoms with E-state index in [2.05, 4.69) is 27.1 Å². The molecule has 0 aliphatic carbocycles. The third-order valence-corrected chi connectivity index (χ3v) is 10.1. The SMILES string of the molecule is Cc1ccccc1C(=O)c1cn2cc(Cl)ccc2n1.O=C(c1ccccc1)c1cn2cc(-c3ccccc3)ccc2n1.O=C(c1ccccc1)c1cn2cc(CO)ccc2n1. The van der Waals surface area contributed by atoms with Gasteiger partial charge in [-0.1, -0.05) is 133 Å². The molecule has 0 spiro atoms. The first-order valence-corrected chi connectivity index (χ1v) is 19.7. The van der Waals surface area contributed by atoms with Crippen LogP contribution in [-0.4, -0.2) is 50.6 Å². The molecule has 6 aromatic heterocycles. The highest BCUT2D eigenvalue weighted by Crippen LogP contribution is 2.21. The number of aromatic nitrogens is 6. The molecule has 298 valence electrons. The topological polar surface area (TPSA) is 123 Å². The molecule has 0 atom stereocenters. The quantitative estimate of drug-likeness (QED) is 0.152. The van der Waals surface area contributed by atoms with Gasteiger partial charge in [-0.3, -0.25) is 14.4 Å². The van der Waals surface area contributed by atoms with Crippen molar-refractivity contribution in [3.63, 3.8) is 0 Å². The van der Waals surface area contributed by atoms with E-state index in [1.807, 2.05) is 121 Å². The number of aryl methyl sites for hydroxylation is 1. The molecule has 0 amide bonds. The van der Waals surface area contributed by atoms with E-state index in [1.165, 1.54) is 0 Å². The Morgan fingerprint density at radius 3 is 1.49 bits per heavy atom. The van der Waals surface area contributed by atoms with Gasteiger partial charge in [-0.25, -0.2) is 15.0 Å². The largest absolute Gasteiger partial charge is 0.392 e. The van der Waals surface area contributed by atoms with Crippen molar-refractivity contribution in [1.29, 1.82) is 0 Å². The van der Waals surface area contributed by atoms with Gasteiger partial charge < -0.3 is 18.3 Å². The third-order valence-electron chi connectivity index (χ3n) is 9.83. The normalized spacial score (nSPS) is 10.8. The molecule has 10 nitrogen and oxygen atoms in total. The van der Waals surface area contributed by atoms with E-state index < -0.39 is 0 Å². The summed E-state index contributed by atoms with van der Waals surface area (Å²) in [5.41, 5.74) is 9.37. The highest BCUT2D eigenvalue weighted by Gasteiger charge is 2.16. The Hall–Kier alpha value is -7.79. The zero-order valence-corrected chi connectivity index (χ0v) is 33.6. The van der Waals surface area contributed by atoms with Crippen LogP contribution < -0.4 is 0 Å². The molecule has 10 rings (SSSR count). The summed E-state index contributed by atoms with van der Waals surface area (Å²) in [6.45, 7) is 1.88. The van der Waals surface area contributed by atoms with Crippen molar-refractivity contribution in [3.8, 4) is 11.1 Å². The Morgan fingerprint density at radius 2 is 0.934 bits per heavy atom. The second kappa shape index (κ2) is 18.0. The number of hydrogen-bond acceptors (Lipinski definition) is 7. The number of pyridine rings is 3. The van der Waals surface area contributed by atoms with Gasteiger partial charge in [0.05, 0.1) is 11.6 Å². The Bertz CT molecular complexity index is 3160. The molecule has 0 aliphatic rings. The first kappa shape index (κ1) is 40.0. The molecule has 0 radical (unpaired) electrons. The van der Waals surface area contributed by atoms with Crippen molar-refractivity contribution in [1.82, 2.24) is 28.2 Å². The summed E-state index contributed by atoms with van der Waals surface area (Å²) in [5, 5.41) is 9.70. The maximum atomic E-state index is 12.5. The van der Waals surface area contributed by atoms with Crippen LogP contribution in [0.2, 0.25) is 5.02 Å². The third kappa shape index (κ3) is 9.11. The summed E-state index contributed by atoms with van der Waals surface area (Å²) < 4.78 is 5.41. The molecule has 10 aromatic rings. The predicted molar refractivity (Wildman–Crippen MR) is 236 cm³/mol. The lowest BCUT2D eigenvalue weighted by Gasteiger charge is -2.01. The number of aliphatic hydroxyl groups excluding tert-OH is 1. The lowest BCUT2D eigenvalue weighted by molar-refractivity contribution is 0.102. The standard InChI is InChI=1S/C20H14N2O.C15H11ClN2O.C15H12N2O2/c23-20(16-9-5-2-6-10-16)18-14-22-13-17(11-12-19(22)21-18)15-7-3-1-4-8-15;1-10-4-2-3-5-12(10)15(19)13-9-18-8-11(16)6-7-14(18)17-13;18-10-11-6-7-14-16-13(9-17(14)8-11)15(19)12-4-2-1-3-5-12/h1-14H;2-9H,1H3;1-9,18H,10H2. The Balaban J connectivity index is 0.000000127. The van der Waals surface area contributed by atoms with Crippen molar-refractivity contribution in [2.24, 2.45) is 0 Å². The highest BCUT2D eigenvalue weighted by molar-refractivity contribution is 6.30. The number of carbonyl (C=O) groups is 3. The lowest BCUT2D eigenvalue weighted by Crippen LogP contribution is -2.03. The Kier molecular flexibility index (Phi) is 11.8. The predicted octanol–water partition coefficient (Wildman–Crippen LogP) is 9.82. The summed E-state index contributed by atoms with van der Waals surface area (Å²) >= 11 is 5.92. The zero-order valence-electron chi connectivity index (χ0n) is 32.8. The fourth-order valence-electron chi connectivity index (χ4n) is 6.66. The minimum Gasteiger partial charge on any atom is -0.392 e. The highest BCUT2D eigenvalue weighted by atomic mass is 35.5. The number of rotatable bonds is 8. The molecular formula is C50H37ClN6O4. The fraction of sp³-hybridized carbons (Fsp3) is 0.0400. The molecule has 0 fully saturated rings. The van der Waals surface area contributed by atoms with Gasteiger partial charge in [-0.2, -0.15) is 0 Å². The van der Waals surface area contributed by atoms with Gasteiger partial charge in [0.1, 0.15) is 34.0 Å². The molecule has 0 aliphatic heterocycles. The van der Waals surface area contributed by atoms with Crippen molar-refractivity contribution >= 4 is 45.9 Å². The molecule has 4 aromatic carbocycles. The second-order valence-electron chi connectivity index (χ2n) is 14.0. The molecule has 0 saturated heterocycles. The minimum atomic E-state index is -0.102. The van der Waals surface area contributed by atoms with Crippen LogP contribution in [0.25, 0.3) is 28.1 Å². The van der Waals surface area contributed by atoms with E-state index >= 15 is 0 Å². The van der Waals surface area contributed by atoms with E-state index in [0.29, 0.717) is 50.1 Å². The number of fused-ring (bicyclic) bond motifs is 3. The van der Waals surface area contributed by atoms with Crippen LogP contribution in [0, 0.1) is 6.92 Å². The summed E-state index contributed by atoms with van der Waals surface area (Å²) in [6, 6.07) is 47.0. The van der Waals surface area contributed by atoms with Crippen LogP contribution in [-0.2, 0) is 6.61 Å². The van der Waals surface area contributed by atoms with Gasteiger partial charge >= 0.3 is 0 Å². The van der Waals surface area contributed by atoms with Crippen LogP contribution in [0.1, 0.15) is 59.3 Å². The molecule has 11 heteroatoms. The molecule has 0 bridgehead atoms. The molecule has 0 saturated carbocycles. The number of hydrogen-bond donors (Lipinski definition) is 1. The number of carbonyl (C=O) groups excluding carboxylic acids is 3. The summed E-state index contributed by atoms with van der Waals surface area (Å²) in [4.78, 5) is 50.2. The first-order chi connectivity index (χ1) is 29.7. The van der Waals surface area contributed by atoms with Crippen LogP contribution >= 0.6 is 11.6 Å². The van der Waals surface area contributed by atoms with Crippen molar-refractivity contribution in [2.75, 3.05) is 0 Å². The molecular weight excluding hydrogens is 784 g/mol. The minimum absolute atomic E-state index is 0.0317. The molecule has 0 unspecified atom stereocenters. The van der Waals surface area contributed by atoms with Gasteiger partial charge in [0.25, 0.3) is 0 Å². The van der Waals surface area contributed by atoms with E-state index in [0.717, 1.165) is 27.9 Å². The van der Waals surface area contributed by atoms with Gasteiger partial charge in [0, 0.05) is 53.9 Å². The van der Waals surface area contributed by atoms with Gasteiger partial charge in [0.15, 0.2) is 0 Å². The summed E-state index contributed by atoms with van der Waals surface area (Å²) in [5.74, 6) is -0.233. The molecule has 1 N–H and O–H groups in total. The number of benzene rings is 4. The summed E-state index contributed by atoms with van der Waals surface area (Å²) in [7, 11) is 0. The van der Waals surface area contributed by atoms with E-state index in [9.17, 15) is 14.4 Å². The smallest absolute Gasteiger partial charge is 0.213 e. The average molecular weight is 821 g/mol. The van der Waals surface area contributed by atoms with E-state index in [-0.39, 0.29) is 24.0 Å². The van der Waals surface area contributed by atoms with E-state index in [4.69, 9.17) is 16.7 Å². The lowest BCUT2D eigenvalue weighted by atomic mass is 10.0.